The molecule has 0 aliphatic carbocycles. The minimum atomic E-state index is 0.468. The monoisotopic (exact) mass is 232 g/mol. The van der Waals surface area contributed by atoms with Gasteiger partial charge in [-0.3, -0.25) is 4.98 Å². The highest BCUT2D eigenvalue weighted by Gasteiger charge is 2.07. The van der Waals surface area contributed by atoms with Crippen molar-refractivity contribution in [2.45, 2.75) is 26.3 Å². The fourth-order valence-corrected chi connectivity index (χ4v) is 1.43. The largest absolute Gasteiger partial charge is 0.421 e. The molecule has 0 aliphatic heterocycles. The maximum atomic E-state index is 5.55. The topological polar surface area (TPSA) is 63.8 Å². The lowest BCUT2D eigenvalue weighted by Gasteiger charge is -2.04. The van der Waals surface area contributed by atoms with Crippen molar-refractivity contribution < 1.29 is 4.42 Å². The molecular formula is C12H16N4O. The maximum absolute atomic E-state index is 5.55. The number of hydrogen-bond acceptors (Lipinski definition) is 5. The number of nitrogens with one attached hydrogen (secondary N) is 1. The lowest BCUT2D eigenvalue weighted by molar-refractivity contribution is 0.484. The third kappa shape index (κ3) is 3.35. The molecule has 0 unspecified atom stereocenters. The summed E-state index contributed by atoms with van der Waals surface area (Å²) in [5.74, 6) is 1.18. The van der Waals surface area contributed by atoms with Crippen molar-refractivity contribution in [1.82, 2.24) is 20.5 Å². The van der Waals surface area contributed by atoms with Gasteiger partial charge in [-0.05, 0) is 12.1 Å². The van der Waals surface area contributed by atoms with E-state index in [2.05, 4.69) is 34.3 Å². The van der Waals surface area contributed by atoms with Crippen LogP contribution in [0.15, 0.2) is 28.9 Å². The van der Waals surface area contributed by atoms with Crippen LogP contribution in [0.3, 0.4) is 0 Å². The van der Waals surface area contributed by atoms with E-state index in [0.29, 0.717) is 17.8 Å². The first kappa shape index (κ1) is 11.7. The molecule has 0 amide bonds. The Balaban J connectivity index is 1.97. The lowest BCUT2D eigenvalue weighted by Crippen LogP contribution is -2.25. The van der Waals surface area contributed by atoms with Crippen LogP contribution in [0.5, 0.6) is 0 Å². The Bertz CT molecular complexity index is 453. The second-order valence-electron chi connectivity index (χ2n) is 4.10. The second kappa shape index (κ2) is 5.54. The zero-order chi connectivity index (χ0) is 12.1. The van der Waals surface area contributed by atoms with E-state index in [1.165, 1.54) is 0 Å². The molecule has 0 aromatic carbocycles. The zero-order valence-corrected chi connectivity index (χ0v) is 10.1. The number of hydrogen-bond donors (Lipinski definition) is 1. The zero-order valence-electron chi connectivity index (χ0n) is 10.1. The van der Waals surface area contributed by atoms with Gasteiger partial charge < -0.3 is 9.73 Å². The van der Waals surface area contributed by atoms with Crippen LogP contribution < -0.4 is 5.32 Å². The molecule has 2 aromatic rings. The minimum Gasteiger partial charge on any atom is -0.421 e. The van der Waals surface area contributed by atoms with Crippen LogP contribution in [0.2, 0.25) is 0 Å². The molecule has 90 valence electrons. The summed E-state index contributed by atoms with van der Waals surface area (Å²) in [6.07, 6.45) is 4.17. The van der Waals surface area contributed by atoms with Gasteiger partial charge in [-0.2, -0.15) is 0 Å². The average Bonchev–Trinajstić information content (AvgIpc) is 2.78. The molecule has 0 radical (unpaired) electrons. The first-order valence-corrected chi connectivity index (χ1v) is 5.72. The third-order valence-electron chi connectivity index (χ3n) is 2.27. The van der Waals surface area contributed by atoms with Crippen LogP contribution in [-0.4, -0.2) is 27.8 Å². The van der Waals surface area contributed by atoms with Crippen molar-refractivity contribution >= 4 is 0 Å². The van der Waals surface area contributed by atoms with Crippen LogP contribution in [-0.2, 0) is 6.42 Å². The number of rotatable bonds is 5. The Hall–Kier alpha value is -1.75. The average molecular weight is 232 g/mol. The first-order chi connectivity index (χ1) is 8.25. The van der Waals surface area contributed by atoms with Crippen LogP contribution in [0.1, 0.15) is 19.7 Å². The summed E-state index contributed by atoms with van der Waals surface area (Å²) >= 11 is 0. The molecule has 5 heteroatoms. The van der Waals surface area contributed by atoms with Gasteiger partial charge in [0.1, 0.15) is 0 Å². The highest BCUT2D eigenvalue weighted by molar-refractivity contribution is 5.49. The summed E-state index contributed by atoms with van der Waals surface area (Å²) in [6, 6.07) is 4.21. The lowest BCUT2D eigenvalue weighted by atomic mass is 10.3. The highest BCUT2D eigenvalue weighted by atomic mass is 16.4. The molecule has 1 N–H and O–H groups in total. The molecule has 2 heterocycles. The van der Waals surface area contributed by atoms with Crippen molar-refractivity contribution in [3.63, 3.8) is 0 Å². The van der Waals surface area contributed by atoms with Crippen LogP contribution >= 0.6 is 0 Å². The molecule has 0 aliphatic rings. The Kier molecular flexibility index (Phi) is 3.82. The molecular weight excluding hydrogens is 216 g/mol. The van der Waals surface area contributed by atoms with E-state index in [1.807, 2.05) is 12.1 Å². The molecule has 0 bridgehead atoms. The number of pyridine rings is 1. The predicted molar refractivity (Wildman–Crippen MR) is 64.4 cm³/mol. The molecule has 0 atom stereocenters. The van der Waals surface area contributed by atoms with E-state index < -0.39 is 0 Å². The van der Waals surface area contributed by atoms with Gasteiger partial charge >= 0.3 is 0 Å². The smallest absolute Gasteiger partial charge is 0.249 e. The Morgan fingerprint density at radius 1 is 1.35 bits per heavy atom. The van der Waals surface area contributed by atoms with Crippen LogP contribution in [0.4, 0.5) is 0 Å². The van der Waals surface area contributed by atoms with Crippen molar-refractivity contribution in [1.29, 1.82) is 0 Å². The van der Waals surface area contributed by atoms with E-state index in [-0.39, 0.29) is 0 Å². The molecule has 2 rings (SSSR count). The SMILES string of the molecule is CC(C)NCCc1nnc(-c2cccnc2)o1. The van der Waals surface area contributed by atoms with Crippen molar-refractivity contribution in [3.8, 4) is 11.5 Å². The van der Waals surface area contributed by atoms with E-state index in [0.717, 1.165) is 18.5 Å². The van der Waals surface area contributed by atoms with Gasteiger partial charge in [-0.1, -0.05) is 13.8 Å². The predicted octanol–water partition coefficient (Wildman–Crippen LogP) is 1.67. The number of aromatic nitrogens is 3. The summed E-state index contributed by atoms with van der Waals surface area (Å²) in [5.41, 5.74) is 0.850. The standard InChI is InChI=1S/C12H16N4O/c1-9(2)14-7-5-11-15-16-12(17-11)10-4-3-6-13-8-10/h3-4,6,8-9,14H,5,7H2,1-2H3. The molecule has 2 aromatic heterocycles. The minimum absolute atomic E-state index is 0.468. The fourth-order valence-electron chi connectivity index (χ4n) is 1.43. The second-order valence-corrected chi connectivity index (χ2v) is 4.10. The van der Waals surface area contributed by atoms with Crippen molar-refractivity contribution in [2.24, 2.45) is 0 Å². The third-order valence-corrected chi connectivity index (χ3v) is 2.27. The fraction of sp³-hybridized carbons (Fsp3) is 0.417. The van der Waals surface area contributed by atoms with Crippen molar-refractivity contribution in [2.75, 3.05) is 6.54 Å². The van der Waals surface area contributed by atoms with Gasteiger partial charge in [-0.15, -0.1) is 10.2 Å². The normalized spacial score (nSPS) is 11.0. The van der Waals surface area contributed by atoms with Crippen molar-refractivity contribution in [3.05, 3.63) is 30.4 Å². The molecule has 0 saturated heterocycles. The summed E-state index contributed by atoms with van der Waals surface area (Å²) in [5, 5.41) is 11.3. The molecule has 0 spiro atoms. The highest BCUT2D eigenvalue weighted by Crippen LogP contribution is 2.15. The van der Waals surface area contributed by atoms with E-state index in [1.54, 1.807) is 12.4 Å². The first-order valence-electron chi connectivity index (χ1n) is 5.72. The van der Waals surface area contributed by atoms with Crippen LogP contribution in [0, 0.1) is 0 Å². The van der Waals surface area contributed by atoms with Gasteiger partial charge in [0, 0.05) is 31.4 Å². The van der Waals surface area contributed by atoms with Gasteiger partial charge in [0.15, 0.2) is 0 Å². The summed E-state index contributed by atoms with van der Waals surface area (Å²) in [7, 11) is 0. The summed E-state index contributed by atoms with van der Waals surface area (Å²) in [4.78, 5) is 4.02. The van der Waals surface area contributed by atoms with E-state index >= 15 is 0 Å². The Labute approximate surface area is 100 Å². The van der Waals surface area contributed by atoms with Gasteiger partial charge in [0.05, 0.1) is 5.56 Å². The summed E-state index contributed by atoms with van der Waals surface area (Å²) in [6.45, 7) is 5.05. The Morgan fingerprint density at radius 3 is 2.94 bits per heavy atom. The van der Waals surface area contributed by atoms with Crippen LogP contribution in [0.25, 0.3) is 11.5 Å². The maximum Gasteiger partial charge on any atom is 0.249 e. The van der Waals surface area contributed by atoms with E-state index in [4.69, 9.17) is 4.42 Å². The quantitative estimate of drug-likeness (QED) is 0.849. The molecule has 17 heavy (non-hydrogen) atoms. The van der Waals surface area contributed by atoms with Gasteiger partial charge in [0.2, 0.25) is 11.8 Å². The molecule has 5 nitrogen and oxygen atoms in total. The van der Waals surface area contributed by atoms with Gasteiger partial charge in [0.25, 0.3) is 0 Å². The molecule has 0 saturated carbocycles. The van der Waals surface area contributed by atoms with E-state index in [9.17, 15) is 0 Å². The summed E-state index contributed by atoms with van der Waals surface area (Å²) < 4.78 is 5.55. The Morgan fingerprint density at radius 2 is 2.24 bits per heavy atom. The number of nitrogens with zero attached hydrogens (tertiary/aromatic N) is 3. The van der Waals surface area contributed by atoms with Gasteiger partial charge in [-0.25, -0.2) is 0 Å². The molecule has 0 fully saturated rings.